The van der Waals surface area contributed by atoms with Crippen molar-refractivity contribution in [3.05, 3.63) is 17.1 Å². The summed E-state index contributed by atoms with van der Waals surface area (Å²) in [4.78, 5) is 24.6. The number of carbonyl (C=O) groups is 1. The Morgan fingerprint density at radius 3 is 2.50 bits per heavy atom. The molecule has 1 saturated heterocycles. The molecule has 1 aromatic heterocycles. The minimum absolute atomic E-state index is 0.0460. The molecule has 3 heterocycles. The van der Waals surface area contributed by atoms with Crippen LogP contribution in [0.3, 0.4) is 0 Å². The fourth-order valence-electron chi connectivity index (χ4n) is 4.68. The van der Waals surface area contributed by atoms with Crippen molar-refractivity contribution in [2.75, 3.05) is 31.2 Å². The van der Waals surface area contributed by atoms with E-state index in [9.17, 15) is 4.79 Å². The smallest absolute Gasteiger partial charge is 0.222 e. The van der Waals surface area contributed by atoms with E-state index in [0.717, 1.165) is 63.6 Å². The van der Waals surface area contributed by atoms with Crippen LogP contribution in [0.15, 0.2) is 0 Å². The monoisotopic (exact) mass is 386 g/mol. The number of rotatable bonds is 4. The molecular formula is C22H34N4O2. The van der Waals surface area contributed by atoms with Gasteiger partial charge >= 0.3 is 0 Å². The third kappa shape index (κ3) is 4.32. The molecule has 2 aliphatic heterocycles. The fraction of sp³-hybridized carbons (Fsp3) is 0.773. The standard InChI is InChI=1S/C22H34N4O2/c1-15(2)22(27)23-17-7-11-26(12-8-17)21-18-9-13-28-14-10-19(18)24-20(25-21)16-5-3-4-6-16/h15-17H,3-14H2,1-2H3,(H,23,27). The number of carbonyl (C=O) groups excluding carboxylic acids is 1. The molecule has 6 nitrogen and oxygen atoms in total. The molecule has 0 aromatic carbocycles. The molecule has 0 atom stereocenters. The Hall–Kier alpha value is -1.69. The third-order valence-electron chi connectivity index (χ3n) is 6.45. The Kier molecular flexibility index (Phi) is 6.14. The van der Waals surface area contributed by atoms with Crippen molar-refractivity contribution in [3.63, 3.8) is 0 Å². The first-order valence-corrected chi connectivity index (χ1v) is 11.1. The Bertz CT molecular complexity index is 692. The van der Waals surface area contributed by atoms with Crippen molar-refractivity contribution in [1.29, 1.82) is 0 Å². The number of fused-ring (bicyclic) bond motifs is 1. The fourth-order valence-corrected chi connectivity index (χ4v) is 4.68. The molecule has 1 N–H and O–H groups in total. The van der Waals surface area contributed by atoms with Gasteiger partial charge in [-0.3, -0.25) is 4.79 Å². The number of aromatic nitrogens is 2. The van der Waals surface area contributed by atoms with Crippen LogP contribution in [0.2, 0.25) is 0 Å². The summed E-state index contributed by atoms with van der Waals surface area (Å²) in [6.45, 7) is 7.30. The minimum atomic E-state index is 0.0460. The van der Waals surface area contributed by atoms with Crippen LogP contribution in [0.1, 0.15) is 75.4 Å². The molecule has 154 valence electrons. The van der Waals surface area contributed by atoms with Gasteiger partial charge in [-0.25, -0.2) is 9.97 Å². The Morgan fingerprint density at radius 2 is 1.79 bits per heavy atom. The molecular weight excluding hydrogens is 352 g/mol. The lowest BCUT2D eigenvalue weighted by molar-refractivity contribution is -0.124. The van der Waals surface area contributed by atoms with Gasteiger partial charge in [0.15, 0.2) is 0 Å². The van der Waals surface area contributed by atoms with Crippen LogP contribution in [0.5, 0.6) is 0 Å². The van der Waals surface area contributed by atoms with Crippen molar-refractivity contribution in [1.82, 2.24) is 15.3 Å². The number of nitrogens with one attached hydrogen (secondary N) is 1. The summed E-state index contributed by atoms with van der Waals surface area (Å²) in [6.07, 6.45) is 8.79. The predicted octanol–water partition coefficient (Wildman–Crippen LogP) is 2.99. The van der Waals surface area contributed by atoms with Gasteiger partial charge in [-0.1, -0.05) is 26.7 Å². The van der Waals surface area contributed by atoms with Crippen LogP contribution in [0.25, 0.3) is 0 Å². The van der Waals surface area contributed by atoms with E-state index >= 15 is 0 Å². The van der Waals surface area contributed by atoms with Crippen LogP contribution in [-0.4, -0.2) is 48.2 Å². The maximum atomic E-state index is 12.0. The van der Waals surface area contributed by atoms with Gasteiger partial charge in [0.25, 0.3) is 0 Å². The molecule has 3 aliphatic rings. The average Bonchev–Trinajstić information content (AvgIpc) is 3.13. The molecule has 1 aromatic rings. The third-order valence-corrected chi connectivity index (χ3v) is 6.45. The Balaban J connectivity index is 1.53. The largest absolute Gasteiger partial charge is 0.381 e. The summed E-state index contributed by atoms with van der Waals surface area (Å²) in [5.74, 6) is 2.94. The van der Waals surface area contributed by atoms with Crippen molar-refractivity contribution in [3.8, 4) is 0 Å². The lowest BCUT2D eigenvalue weighted by Crippen LogP contribution is -2.46. The number of ether oxygens (including phenoxy) is 1. The van der Waals surface area contributed by atoms with Gasteiger partial charge in [0, 0.05) is 49.4 Å². The normalized spacial score (nSPS) is 21.6. The first-order valence-electron chi connectivity index (χ1n) is 11.1. The molecule has 4 rings (SSSR count). The average molecular weight is 387 g/mol. The molecule has 2 fully saturated rings. The van der Waals surface area contributed by atoms with Gasteiger partial charge in [0.1, 0.15) is 11.6 Å². The number of amides is 1. The lowest BCUT2D eigenvalue weighted by Gasteiger charge is -2.35. The predicted molar refractivity (Wildman–Crippen MR) is 110 cm³/mol. The molecule has 0 radical (unpaired) electrons. The second-order valence-electron chi connectivity index (χ2n) is 8.85. The lowest BCUT2D eigenvalue weighted by atomic mass is 10.0. The number of piperidine rings is 1. The number of hydrogen-bond acceptors (Lipinski definition) is 5. The van der Waals surface area contributed by atoms with Gasteiger partial charge in [-0.05, 0) is 25.7 Å². The van der Waals surface area contributed by atoms with E-state index in [2.05, 4.69) is 10.2 Å². The van der Waals surface area contributed by atoms with Gasteiger partial charge in [-0.15, -0.1) is 0 Å². The Morgan fingerprint density at radius 1 is 1.07 bits per heavy atom. The zero-order chi connectivity index (χ0) is 19.5. The van der Waals surface area contributed by atoms with E-state index in [1.54, 1.807) is 0 Å². The molecule has 6 heteroatoms. The van der Waals surface area contributed by atoms with E-state index in [1.807, 2.05) is 13.8 Å². The van der Waals surface area contributed by atoms with Crippen LogP contribution in [0, 0.1) is 5.92 Å². The number of hydrogen-bond donors (Lipinski definition) is 1. The highest BCUT2D eigenvalue weighted by atomic mass is 16.5. The number of nitrogens with zero attached hydrogens (tertiary/aromatic N) is 3. The van der Waals surface area contributed by atoms with Crippen molar-refractivity contribution < 1.29 is 9.53 Å². The second-order valence-corrected chi connectivity index (χ2v) is 8.85. The van der Waals surface area contributed by atoms with Crippen LogP contribution >= 0.6 is 0 Å². The molecule has 1 amide bonds. The van der Waals surface area contributed by atoms with Crippen molar-refractivity contribution in [2.45, 2.75) is 77.2 Å². The second kappa shape index (κ2) is 8.76. The van der Waals surface area contributed by atoms with Crippen molar-refractivity contribution in [2.24, 2.45) is 5.92 Å². The highest BCUT2D eigenvalue weighted by Crippen LogP contribution is 2.35. The number of anilines is 1. The molecule has 1 aliphatic carbocycles. The maximum absolute atomic E-state index is 12.0. The van der Waals surface area contributed by atoms with E-state index in [0.29, 0.717) is 5.92 Å². The maximum Gasteiger partial charge on any atom is 0.222 e. The van der Waals surface area contributed by atoms with Gasteiger partial charge in [-0.2, -0.15) is 0 Å². The van der Waals surface area contributed by atoms with E-state index in [-0.39, 0.29) is 17.9 Å². The van der Waals surface area contributed by atoms with E-state index in [1.165, 1.54) is 36.9 Å². The highest BCUT2D eigenvalue weighted by Gasteiger charge is 2.28. The molecule has 0 spiro atoms. The van der Waals surface area contributed by atoms with E-state index < -0.39 is 0 Å². The summed E-state index contributed by atoms with van der Waals surface area (Å²) in [5, 5.41) is 3.20. The molecule has 0 unspecified atom stereocenters. The highest BCUT2D eigenvalue weighted by molar-refractivity contribution is 5.78. The first kappa shape index (κ1) is 19.6. The first-order chi connectivity index (χ1) is 13.6. The minimum Gasteiger partial charge on any atom is -0.381 e. The zero-order valence-corrected chi connectivity index (χ0v) is 17.4. The van der Waals surface area contributed by atoms with Gasteiger partial charge < -0.3 is 15.0 Å². The summed E-state index contributed by atoms with van der Waals surface area (Å²) < 4.78 is 5.73. The summed E-state index contributed by atoms with van der Waals surface area (Å²) in [5.41, 5.74) is 2.50. The quantitative estimate of drug-likeness (QED) is 0.862. The van der Waals surface area contributed by atoms with Gasteiger partial charge in [0.05, 0.1) is 18.9 Å². The summed E-state index contributed by atoms with van der Waals surface area (Å²) in [6, 6.07) is 0.282. The molecule has 0 bridgehead atoms. The van der Waals surface area contributed by atoms with Crippen LogP contribution < -0.4 is 10.2 Å². The zero-order valence-electron chi connectivity index (χ0n) is 17.4. The topological polar surface area (TPSA) is 67.4 Å². The summed E-state index contributed by atoms with van der Waals surface area (Å²) in [7, 11) is 0. The van der Waals surface area contributed by atoms with E-state index in [4.69, 9.17) is 14.7 Å². The molecule has 1 saturated carbocycles. The van der Waals surface area contributed by atoms with Crippen LogP contribution in [0.4, 0.5) is 5.82 Å². The SMILES string of the molecule is CC(C)C(=O)NC1CCN(c2nc(C3CCCC3)nc3c2CCOCC3)CC1. The van der Waals surface area contributed by atoms with Crippen molar-refractivity contribution >= 4 is 11.7 Å². The van der Waals surface area contributed by atoms with Gasteiger partial charge in [0.2, 0.25) is 5.91 Å². The Labute approximate surface area is 168 Å². The summed E-state index contributed by atoms with van der Waals surface area (Å²) >= 11 is 0. The molecule has 28 heavy (non-hydrogen) atoms. The van der Waals surface area contributed by atoms with Crippen LogP contribution in [-0.2, 0) is 22.4 Å².